The van der Waals surface area contributed by atoms with Crippen molar-refractivity contribution in [2.75, 3.05) is 10.0 Å². The van der Waals surface area contributed by atoms with Crippen LogP contribution in [0.3, 0.4) is 0 Å². The average molecular weight is 518 g/mol. The Hall–Kier alpha value is -1.23. The number of rotatable bonds is 6. The van der Waals surface area contributed by atoms with E-state index in [0.29, 0.717) is 32.0 Å². The lowest BCUT2D eigenvalue weighted by molar-refractivity contribution is 0.593. The van der Waals surface area contributed by atoms with Gasteiger partial charge in [0.05, 0.1) is 25.8 Å². The lowest BCUT2D eigenvalue weighted by Crippen LogP contribution is -2.27. The number of sulfonamides is 1. The van der Waals surface area contributed by atoms with E-state index in [1.54, 1.807) is 35.0 Å². The lowest BCUT2D eigenvalue weighted by Gasteiger charge is -2.21. The monoisotopic (exact) mass is 516 g/mol. The van der Waals surface area contributed by atoms with Gasteiger partial charge in [0.1, 0.15) is 0 Å². The van der Waals surface area contributed by atoms with E-state index in [9.17, 15) is 8.42 Å². The van der Waals surface area contributed by atoms with Crippen LogP contribution in [-0.2, 0) is 10.0 Å². The predicted octanol–water partition coefficient (Wildman–Crippen LogP) is 5.26. The summed E-state index contributed by atoms with van der Waals surface area (Å²) in [6.45, 7) is 0. The fourth-order valence-electron chi connectivity index (χ4n) is 2.28. The van der Waals surface area contributed by atoms with Crippen LogP contribution < -0.4 is 10.0 Å². The summed E-state index contributed by atoms with van der Waals surface area (Å²) in [5, 5.41) is 6.77. The van der Waals surface area contributed by atoms with Gasteiger partial charge in [0.15, 0.2) is 5.37 Å². The molecule has 3 aromatic rings. The van der Waals surface area contributed by atoms with Crippen LogP contribution in [0.4, 0.5) is 11.4 Å². The van der Waals surface area contributed by atoms with Crippen LogP contribution >= 0.6 is 57.7 Å². The summed E-state index contributed by atoms with van der Waals surface area (Å²) in [7, 11) is -3.88. The summed E-state index contributed by atoms with van der Waals surface area (Å²) < 4.78 is 28.6. The maximum absolute atomic E-state index is 13.0. The van der Waals surface area contributed by atoms with Gasteiger partial charge in [-0.1, -0.05) is 46.4 Å². The minimum absolute atomic E-state index is 0. The van der Waals surface area contributed by atoms with E-state index in [1.807, 2.05) is 0 Å². The normalized spacial score (nSPS) is 11.7. The van der Waals surface area contributed by atoms with Crippen LogP contribution in [-0.4, -0.2) is 19.4 Å². The second-order valence-corrected chi connectivity index (χ2v) is 9.66. The zero-order valence-corrected chi connectivity index (χ0v) is 19.1. The van der Waals surface area contributed by atoms with Crippen molar-refractivity contribution < 1.29 is 19.4 Å². The van der Waals surface area contributed by atoms with E-state index in [4.69, 9.17) is 46.4 Å². The predicted molar refractivity (Wildman–Crippen MR) is 123 cm³/mol. The van der Waals surface area contributed by atoms with Crippen LogP contribution in [0.1, 0.15) is 10.9 Å². The molecule has 6 nitrogen and oxygen atoms in total. The van der Waals surface area contributed by atoms with Crippen molar-refractivity contribution >= 4 is 79.1 Å². The largest absolute Gasteiger partial charge is 0.412 e. The van der Waals surface area contributed by atoms with Gasteiger partial charge in [0, 0.05) is 11.3 Å². The number of hydrogen-bond acceptors (Lipinski definition) is 4. The second kappa shape index (κ2) is 10.7. The van der Waals surface area contributed by atoms with Crippen molar-refractivity contribution in [3.05, 3.63) is 78.9 Å². The summed E-state index contributed by atoms with van der Waals surface area (Å²) in [5.74, 6) is 0. The number of benzene rings is 2. The molecule has 2 aromatic carbocycles. The van der Waals surface area contributed by atoms with Crippen molar-refractivity contribution in [2.45, 2.75) is 5.37 Å². The van der Waals surface area contributed by atoms with Gasteiger partial charge in [-0.15, -0.1) is 0 Å². The first-order valence-corrected chi connectivity index (χ1v) is 11.5. The van der Waals surface area contributed by atoms with Crippen molar-refractivity contribution in [3.63, 3.8) is 0 Å². The highest BCUT2D eigenvalue weighted by molar-refractivity contribution is 7.93. The third-order valence-electron chi connectivity index (χ3n) is 3.55. The summed E-state index contributed by atoms with van der Waals surface area (Å²) in [5.41, 5.74) is 1.40. The highest BCUT2D eigenvalue weighted by Gasteiger charge is 2.28. The van der Waals surface area contributed by atoms with Gasteiger partial charge in [0.2, 0.25) is 0 Å². The zero-order chi connectivity index (χ0) is 19.6. The number of anilines is 2. The molecular weight excluding hydrogens is 502 g/mol. The van der Waals surface area contributed by atoms with Crippen molar-refractivity contribution in [2.24, 2.45) is 0 Å². The smallest absolute Gasteiger partial charge is 0.258 e. The molecular formula is C17H16Cl4N2O4S2. The fourth-order valence-corrected chi connectivity index (χ4v) is 5.02. The molecule has 0 amide bonds. The molecule has 0 radical (unpaired) electrons. The van der Waals surface area contributed by atoms with E-state index in [-0.39, 0.29) is 16.0 Å². The quantitative estimate of drug-likeness (QED) is 0.463. The van der Waals surface area contributed by atoms with Crippen molar-refractivity contribution in [1.29, 1.82) is 0 Å². The summed E-state index contributed by atoms with van der Waals surface area (Å²) in [6.07, 6.45) is 0. The molecule has 0 saturated carbocycles. The Kier molecular flexibility index (Phi) is 9.52. The molecule has 0 aliphatic rings. The molecule has 0 aliphatic heterocycles. The van der Waals surface area contributed by atoms with Gasteiger partial charge < -0.3 is 16.3 Å². The second-order valence-electron chi connectivity index (χ2n) is 5.49. The van der Waals surface area contributed by atoms with Gasteiger partial charge in [-0.2, -0.15) is 11.3 Å². The number of halogens is 4. The van der Waals surface area contributed by atoms with Crippen LogP contribution in [0.2, 0.25) is 20.1 Å². The van der Waals surface area contributed by atoms with Crippen LogP contribution in [0.15, 0.2) is 53.2 Å². The van der Waals surface area contributed by atoms with Crippen LogP contribution in [0.5, 0.6) is 0 Å². The van der Waals surface area contributed by atoms with Crippen LogP contribution in [0.25, 0.3) is 0 Å². The molecule has 3 rings (SSSR count). The van der Waals surface area contributed by atoms with E-state index >= 15 is 0 Å². The lowest BCUT2D eigenvalue weighted by atomic mass is 10.3. The first-order chi connectivity index (χ1) is 12.8. The molecule has 0 aliphatic carbocycles. The molecule has 12 heteroatoms. The molecule has 0 bridgehead atoms. The highest BCUT2D eigenvalue weighted by Crippen LogP contribution is 2.32. The fraction of sp³-hybridized carbons (Fsp3) is 0.0588. The molecule has 0 saturated heterocycles. The molecule has 1 atom stereocenters. The van der Waals surface area contributed by atoms with Gasteiger partial charge in [0.25, 0.3) is 10.0 Å². The van der Waals surface area contributed by atoms with Crippen LogP contribution in [0, 0.1) is 0 Å². The maximum Gasteiger partial charge on any atom is 0.258 e. The average Bonchev–Trinajstić information content (AvgIpc) is 3.13. The van der Waals surface area contributed by atoms with E-state index < -0.39 is 15.4 Å². The Balaban J connectivity index is 0.00000210. The van der Waals surface area contributed by atoms with Gasteiger partial charge in [-0.25, -0.2) is 8.42 Å². The van der Waals surface area contributed by atoms with E-state index in [1.165, 1.54) is 29.5 Å². The highest BCUT2D eigenvalue weighted by atomic mass is 35.5. The molecule has 0 fully saturated rings. The Labute approximate surface area is 192 Å². The Morgan fingerprint density at radius 3 is 1.86 bits per heavy atom. The Bertz CT molecular complexity index is 1060. The summed E-state index contributed by atoms with van der Waals surface area (Å²) in [6, 6.07) is 11.1. The van der Waals surface area contributed by atoms with E-state index in [0.717, 1.165) is 0 Å². The minimum Gasteiger partial charge on any atom is -0.412 e. The first kappa shape index (κ1) is 25.8. The zero-order valence-electron chi connectivity index (χ0n) is 14.4. The topological polar surface area (TPSA) is 121 Å². The molecule has 158 valence electrons. The molecule has 6 N–H and O–H groups in total. The number of thiophene rings is 1. The minimum atomic E-state index is -3.88. The Morgan fingerprint density at radius 2 is 1.34 bits per heavy atom. The van der Waals surface area contributed by atoms with E-state index in [2.05, 4.69) is 10.0 Å². The summed E-state index contributed by atoms with van der Waals surface area (Å²) in [4.78, 5) is 0. The summed E-state index contributed by atoms with van der Waals surface area (Å²) >= 11 is 25.2. The third kappa shape index (κ3) is 6.37. The van der Waals surface area contributed by atoms with Gasteiger partial charge >= 0.3 is 0 Å². The molecule has 29 heavy (non-hydrogen) atoms. The molecule has 1 heterocycles. The number of hydrogen-bond donors (Lipinski definition) is 2. The standard InChI is InChI=1S/C17H12Cl4N2O2S2.2H2O/c18-13-3-1-11(7-15(13)20)22-17(10-5-6-26-9-10)27(24,25)23-12-2-4-14(19)16(21)8-12;;/h1-9,17,22-23H;2*1H2. The molecule has 0 spiro atoms. The van der Waals surface area contributed by atoms with Gasteiger partial charge in [-0.3, -0.25) is 4.72 Å². The van der Waals surface area contributed by atoms with Crippen molar-refractivity contribution in [1.82, 2.24) is 0 Å². The van der Waals surface area contributed by atoms with Crippen molar-refractivity contribution in [3.8, 4) is 0 Å². The first-order valence-electron chi connectivity index (χ1n) is 7.46. The molecule has 1 unspecified atom stereocenters. The Morgan fingerprint density at radius 1 is 0.793 bits per heavy atom. The SMILES string of the molecule is O.O.O=S(=O)(Nc1ccc(Cl)c(Cl)c1)C(Nc1ccc(Cl)c(Cl)c1)c1ccsc1. The van der Waals surface area contributed by atoms with Gasteiger partial charge in [-0.05, 0) is 53.2 Å². The maximum atomic E-state index is 13.0. The number of nitrogens with one attached hydrogen (secondary N) is 2. The molecule has 1 aromatic heterocycles. The third-order valence-corrected chi connectivity index (χ3v) is 7.26.